The SMILES string of the molecule is CNCC(C)C(=O)NCc1ccccc1S(=O)(=O)NC(C)(C)C. The molecule has 0 aliphatic carbocycles. The van der Waals surface area contributed by atoms with Crippen LogP contribution in [0.1, 0.15) is 33.3 Å². The van der Waals surface area contributed by atoms with Crippen LogP contribution in [0.2, 0.25) is 0 Å². The topological polar surface area (TPSA) is 87.3 Å². The van der Waals surface area contributed by atoms with Crippen molar-refractivity contribution < 1.29 is 13.2 Å². The molecule has 0 saturated carbocycles. The van der Waals surface area contributed by atoms with Crippen LogP contribution in [0.25, 0.3) is 0 Å². The second kappa shape index (κ2) is 7.90. The highest BCUT2D eigenvalue weighted by molar-refractivity contribution is 7.89. The fraction of sp³-hybridized carbons (Fsp3) is 0.562. The van der Waals surface area contributed by atoms with Gasteiger partial charge in [0.05, 0.1) is 4.90 Å². The summed E-state index contributed by atoms with van der Waals surface area (Å²) in [5.41, 5.74) is -0.00879. The summed E-state index contributed by atoms with van der Waals surface area (Å²) in [4.78, 5) is 12.2. The Morgan fingerprint density at radius 2 is 1.83 bits per heavy atom. The summed E-state index contributed by atoms with van der Waals surface area (Å²) in [7, 11) is -1.86. The van der Waals surface area contributed by atoms with Crippen molar-refractivity contribution in [1.29, 1.82) is 0 Å². The molecular weight excluding hydrogens is 314 g/mol. The minimum atomic E-state index is -3.64. The van der Waals surface area contributed by atoms with Gasteiger partial charge in [0, 0.05) is 24.5 Å². The molecule has 1 amide bonds. The third kappa shape index (κ3) is 6.29. The first-order valence-corrected chi connectivity index (χ1v) is 9.09. The molecule has 0 aliphatic rings. The lowest BCUT2D eigenvalue weighted by Crippen LogP contribution is -2.41. The van der Waals surface area contributed by atoms with Gasteiger partial charge in [0.2, 0.25) is 15.9 Å². The molecule has 1 aromatic carbocycles. The van der Waals surface area contributed by atoms with Crippen LogP contribution < -0.4 is 15.4 Å². The van der Waals surface area contributed by atoms with E-state index in [0.29, 0.717) is 12.1 Å². The van der Waals surface area contributed by atoms with E-state index in [1.807, 2.05) is 6.92 Å². The fourth-order valence-corrected chi connectivity index (χ4v) is 3.78. The van der Waals surface area contributed by atoms with Crippen LogP contribution >= 0.6 is 0 Å². The lowest BCUT2D eigenvalue weighted by Gasteiger charge is -2.21. The largest absolute Gasteiger partial charge is 0.352 e. The van der Waals surface area contributed by atoms with Crippen molar-refractivity contribution in [3.05, 3.63) is 29.8 Å². The van der Waals surface area contributed by atoms with E-state index < -0.39 is 15.6 Å². The van der Waals surface area contributed by atoms with Crippen molar-refractivity contribution in [2.24, 2.45) is 5.92 Å². The van der Waals surface area contributed by atoms with Gasteiger partial charge in [-0.25, -0.2) is 13.1 Å². The van der Waals surface area contributed by atoms with Gasteiger partial charge in [-0.15, -0.1) is 0 Å². The molecule has 0 spiro atoms. The predicted molar refractivity (Wildman–Crippen MR) is 91.5 cm³/mol. The first-order chi connectivity index (χ1) is 10.6. The number of amides is 1. The van der Waals surface area contributed by atoms with Gasteiger partial charge < -0.3 is 10.6 Å². The van der Waals surface area contributed by atoms with Gasteiger partial charge in [0.15, 0.2) is 0 Å². The van der Waals surface area contributed by atoms with Crippen molar-refractivity contribution >= 4 is 15.9 Å². The van der Waals surface area contributed by atoms with E-state index in [1.54, 1.807) is 52.1 Å². The first-order valence-electron chi connectivity index (χ1n) is 7.61. The number of rotatable bonds is 7. The molecule has 0 saturated heterocycles. The highest BCUT2D eigenvalue weighted by Crippen LogP contribution is 2.17. The van der Waals surface area contributed by atoms with Gasteiger partial charge in [0.25, 0.3) is 0 Å². The van der Waals surface area contributed by atoms with Crippen LogP contribution in [0.15, 0.2) is 29.2 Å². The number of hydrogen-bond acceptors (Lipinski definition) is 4. The van der Waals surface area contributed by atoms with E-state index >= 15 is 0 Å². The summed E-state index contributed by atoms with van der Waals surface area (Å²) < 4.78 is 27.7. The third-order valence-corrected chi connectivity index (χ3v) is 4.97. The van der Waals surface area contributed by atoms with Crippen molar-refractivity contribution in [2.75, 3.05) is 13.6 Å². The second-order valence-corrected chi connectivity index (χ2v) is 8.29. The Hall–Kier alpha value is -1.44. The molecule has 7 heteroatoms. The molecule has 130 valence electrons. The second-order valence-electron chi connectivity index (χ2n) is 6.64. The highest BCUT2D eigenvalue weighted by Gasteiger charge is 2.24. The smallest absolute Gasteiger partial charge is 0.241 e. The Bertz CT molecular complexity index is 636. The van der Waals surface area contributed by atoms with Crippen LogP contribution in [0.3, 0.4) is 0 Å². The van der Waals surface area contributed by atoms with Crippen LogP contribution in [0, 0.1) is 5.92 Å². The Balaban J connectivity index is 2.92. The predicted octanol–water partition coefficient (Wildman–Crippen LogP) is 1.24. The highest BCUT2D eigenvalue weighted by atomic mass is 32.2. The average Bonchev–Trinajstić information content (AvgIpc) is 2.42. The molecule has 1 aromatic rings. The molecule has 0 heterocycles. The molecule has 23 heavy (non-hydrogen) atoms. The fourth-order valence-electron chi connectivity index (χ4n) is 2.13. The minimum Gasteiger partial charge on any atom is -0.352 e. The standard InChI is InChI=1S/C16H27N3O3S/c1-12(10-17-5)15(20)18-11-13-8-6-7-9-14(13)23(21,22)19-16(2,3)4/h6-9,12,17,19H,10-11H2,1-5H3,(H,18,20). The van der Waals surface area contributed by atoms with Crippen LogP contribution in [-0.2, 0) is 21.4 Å². The maximum absolute atomic E-state index is 12.5. The number of hydrogen-bond donors (Lipinski definition) is 3. The summed E-state index contributed by atoms with van der Waals surface area (Å²) in [5.74, 6) is -0.299. The van der Waals surface area contributed by atoms with E-state index in [2.05, 4.69) is 15.4 Å². The van der Waals surface area contributed by atoms with Crippen molar-refractivity contribution in [3.63, 3.8) is 0 Å². The molecular formula is C16H27N3O3S. The van der Waals surface area contributed by atoms with Crippen molar-refractivity contribution in [1.82, 2.24) is 15.4 Å². The normalized spacial score (nSPS) is 13.6. The zero-order valence-corrected chi connectivity index (χ0v) is 15.3. The molecule has 0 bridgehead atoms. The number of nitrogens with one attached hydrogen (secondary N) is 3. The van der Waals surface area contributed by atoms with E-state index in [9.17, 15) is 13.2 Å². The lowest BCUT2D eigenvalue weighted by atomic mass is 10.1. The molecule has 0 fully saturated rings. The van der Waals surface area contributed by atoms with E-state index in [0.717, 1.165) is 0 Å². The first kappa shape index (κ1) is 19.6. The zero-order chi connectivity index (χ0) is 17.7. The van der Waals surface area contributed by atoms with E-state index in [1.165, 1.54) is 0 Å². The quantitative estimate of drug-likeness (QED) is 0.696. The minimum absolute atomic E-state index is 0.115. The van der Waals surface area contributed by atoms with Gasteiger partial charge in [-0.3, -0.25) is 4.79 Å². The third-order valence-electron chi connectivity index (χ3n) is 3.11. The maximum Gasteiger partial charge on any atom is 0.241 e. The van der Waals surface area contributed by atoms with Gasteiger partial charge in [-0.05, 0) is 39.4 Å². The molecule has 3 N–H and O–H groups in total. The zero-order valence-electron chi connectivity index (χ0n) is 14.4. The molecule has 1 unspecified atom stereocenters. The maximum atomic E-state index is 12.5. The summed E-state index contributed by atoms with van der Waals surface area (Å²) in [5, 5.41) is 5.73. The molecule has 1 rings (SSSR count). The van der Waals surface area contributed by atoms with Gasteiger partial charge in [-0.1, -0.05) is 25.1 Å². The van der Waals surface area contributed by atoms with Crippen LogP contribution in [-0.4, -0.2) is 33.5 Å². The number of carbonyl (C=O) groups is 1. The Labute approximate surface area is 139 Å². The van der Waals surface area contributed by atoms with Crippen LogP contribution in [0.5, 0.6) is 0 Å². The monoisotopic (exact) mass is 341 g/mol. The van der Waals surface area contributed by atoms with E-state index in [-0.39, 0.29) is 23.3 Å². The summed E-state index contributed by atoms with van der Waals surface area (Å²) in [6.45, 7) is 7.91. The number of benzene rings is 1. The summed E-state index contributed by atoms with van der Waals surface area (Å²) in [6.07, 6.45) is 0. The van der Waals surface area contributed by atoms with Crippen molar-refractivity contribution in [3.8, 4) is 0 Å². The molecule has 0 radical (unpaired) electrons. The lowest BCUT2D eigenvalue weighted by molar-refractivity contribution is -0.124. The van der Waals surface area contributed by atoms with Crippen LogP contribution in [0.4, 0.5) is 0 Å². The van der Waals surface area contributed by atoms with Gasteiger partial charge in [-0.2, -0.15) is 0 Å². The van der Waals surface area contributed by atoms with E-state index in [4.69, 9.17) is 0 Å². The molecule has 0 aliphatic heterocycles. The van der Waals surface area contributed by atoms with Gasteiger partial charge in [0.1, 0.15) is 0 Å². The van der Waals surface area contributed by atoms with Gasteiger partial charge >= 0.3 is 0 Å². The Morgan fingerprint density at radius 1 is 1.22 bits per heavy atom. The molecule has 0 aromatic heterocycles. The summed E-state index contributed by atoms with van der Waals surface area (Å²) >= 11 is 0. The Kier molecular flexibility index (Phi) is 6.73. The summed E-state index contributed by atoms with van der Waals surface area (Å²) in [6, 6.07) is 6.69. The van der Waals surface area contributed by atoms with Crippen molar-refractivity contribution in [2.45, 2.75) is 44.7 Å². The number of sulfonamides is 1. The average molecular weight is 341 g/mol. The number of carbonyl (C=O) groups excluding carboxylic acids is 1. The Morgan fingerprint density at radius 3 is 2.39 bits per heavy atom. The molecule has 1 atom stereocenters. The molecule has 6 nitrogen and oxygen atoms in total.